The molecule has 0 unspecified atom stereocenters. The highest BCUT2D eigenvalue weighted by atomic mass is 16.4. The van der Waals surface area contributed by atoms with E-state index in [1.165, 1.54) is 4.90 Å². The maximum absolute atomic E-state index is 12.4. The van der Waals surface area contributed by atoms with Crippen molar-refractivity contribution in [2.45, 2.75) is 19.8 Å². The molecule has 1 rings (SSSR count). The van der Waals surface area contributed by atoms with Gasteiger partial charge in [0.15, 0.2) is 5.84 Å². The summed E-state index contributed by atoms with van der Waals surface area (Å²) < 4.78 is 0. The van der Waals surface area contributed by atoms with Crippen LogP contribution in [0.25, 0.3) is 0 Å². The van der Waals surface area contributed by atoms with E-state index in [4.69, 9.17) is 21.2 Å². The summed E-state index contributed by atoms with van der Waals surface area (Å²) in [5.74, 6) is -0.0511. The lowest BCUT2D eigenvalue weighted by Crippen LogP contribution is -2.58. The highest BCUT2D eigenvalue weighted by Gasteiger charge is 2.53. The maximum atomic E-state index is 12.4. The summed E-state index contributed by atoms with van der Waals surface area (Å²) in [7, 11) is 0. The highest BCUT2D eigenvalue weighted by Crippen LogP contribution is 2.47. The molecule has 1 fully saturated rings. The van der Waals surface area contributed by atoms with Gasteiger partial charge < -0.3 is 26.1 Å². The van der Waals surface area contributed by atoms with E-state index in [9.17, 15) is 4.79 Å². The Morgan fingerprint density at radius 3 is 2.22 bits per heavy atom. The summed E-state index contributed by atoms with van der Waals surface area (Å²) in [5, 5.41) is 29.6. The van der Waals surface area contributed by atoms with E-state index in [0.717, 1.165) is 0 Å². The van der Waals surface area contributed by atoms with Gasteiger partial charge in [-0.05, 0) is 18.8 Å². The van der Waals surface area contributed by atoms with Crippen molar-refractivity contribution in [1.82, 2.24) is 4.90 Å². The predicted octanol–water partition coefficient (Wildman–Crippen LogP) is -1.04. The zero-order valence-corrected chi connectivity index (χ0v) is 10.5. The van der Waals surface area contributed by atoms with Gasteiger partial charge in [0, 0.05) is 13.1 Å². The first-order chi connectivity index (χ1) is 8.51. The van der Waals surface area contributed by atoms with Gasteiger partial charge in [-0.1, -0.05) is 12.1 Å². The van der Waals surface area contributed by atoms with Crippen LogP contribution in [0.15, 0.2) is 5.16 Å². The van der Waals surface area contributed by atoms with Crippen LogP contribution in [0.5, 0.6) is 0 Å². The van der Waals surface area contributed by atoms with Crippen LogP contribution in [0.1, 0.15) is 19.8 Å². The lowest BCUT2D eigenvalue weighted by Gasteiger charge is -2.46. The molecule has 7 heteroatoms. The number of amides is 1. The van der Waals surface area contributed by atoms with Crippen LogP contribution in [-0.4, -0.2) is 58.4 Å². The van der Waals surface area contributed by atoms with Gasteiger partial charge in [-0.25, -0.2) is 0 Å². The molecule has 0 heterocycles. The number of carbonyl (C=O) groups excluding carboxylic acids is 1. The van der Waals surface area contributed by atoms with E-state index >= 15 is 0 Å². The second kappa shape index (κ2) is 6.01. The lowest BCUT2D eigenvalue weighted by atomic mass is 9.61. The molecule has 0 aromatic carbocycles. The van der Waals surface area contributed by atoms with Gasteiger partial charge in [-0.2, -0.15) is 0 Å². The fourth-order valence-electron chi connectivity index (χ4n) is 2.58. The maximum Gasteiger partial charge on any atom is 0.236 e. The number of carbonyl (C=O) groups is 1. The normalized spacial score (nSPS) is 27.7. The van der Waals surface area contributed by atoms with Crippen molar-refractivity contribution in [2.24, 2.45) is 22.2 Å². The third-order valence-corrected chi connectivity index (χ3v) is 3.43. The van der Waals surface area contributed by atoms with Crippen molar-refractivity contribution >= 4 is 11.7 Å². The van der Waals surface area contributed by atoms with Gasteiger partial charge in [-0.3, -0.25) is 4.79 Å². The molecule has 5 N–H and O–H groups in total. The van der Waals surface area contributed by atoms with Crippen LogP contribution in [0.3, 0.4) is 0 Å². The number of rotatable bonds is 6. The second-order valence-corrected chi connectivity index (χ2v) is 4.82. The SMILES string of the molecule is CC1CC(C(=O)N(CCO)CCO)(C(N)=NO)C1. The third kappa shape index (κ3) is 2.56. The quantitative estimate of drug-likeness (QED) is 0.210. The molecule has 1 aliphatic carbocycles. The molecule has 1 saturated carbocycles. The molecule has 0 spiro atoms. The minimum Gasteiger partial charge on any atom is -0.409 e. The number of nitrogens with zero attached hydrogens (tertiary/aromatic N) is 2. The Balaban J connectivity index is 2.89. The Kier molecular flexibility index (Phi) is 4.92. The average Bonchev–Trinajstić information content (AvgIpc) is 2.32. The fraction of sp³-hybridized carbons (Fsp3) is 0.818. The van der Waals surface area contributed by atoms with Crippen LogP contribution >= 0.6 is 0 Å². The van der Waals surface area contributed by atoms with Gasteiger partial charge in [-0.15, -0.1) is 0 Å². The molecule has 0 atom stereocenters. The summed E-state index contributed by atoms with van der Waals surface area (Å²) >= 11 is 0. The zero-order chi connectivity index (χ0) is 13.8. The van der Waals surface area contributed by atoms with E-state index in [1.807, 2.05) is 6.92 Å². The van der Waals surface area contributed by atoms with Crippen molar-refractivity contribution in [2.75, 3.05) is 26.3 Å². The summed E-state index contributed by atoms with van der Waals surface area (Å²) in [6, 6.07) is 0. The Morgan fingerprint density at radius 2 is 1.89 bits per heavy atom. The molecule has 1 amide bonds. The monoisotopic (exact) mass is 259 g/mol. The molecule has 1 aliphatic rings. The number of aliphatic hydroxyl groups is 2. The van der Waals surface area contributed by atoms with Crippen LogP contribution in [-0.2, 0) is 4.79 Å². The van der Waals surface area contributed by atoms with Crippen molar-refractivity contribution < 1.29 is 20.2 Å². The van der Waals surface area contributed by atoms with Gasteiger partial charge in [0.25, 0.3) is 0 Å². The fourth-order valence-corrected chi connectivity index (χ4v) is 2.58. The molecule has 0 aliphatic heterocycles. The Hall–Kier alpha value is -1.34. The number of amidine groups is 1. The lowest BCUT2D eigenvalue weighted by molar-refractivity contribution is -0.145. The second-order valence-electron chi connectivity index (χ2n) is 4.82. The predicted molar refractivity (Wildman–Crippen MR) is 65.0 cm³/mol. The minimum absolute atomic E-state index is 0.0912. The summed E-state index contributed by atoms with van der Waals surface area (Å²) in [6.45, 7) is 1.88. The molecule has 18 heavy (non-hydrogen) atoms. The molecule has 0 radical (unpaired) electrons. The van der Waals surface area contributed by atoms with E-state index in [1.54, 1.807) is 0 Å². The molecule has 104 valence electrons. The molecule has 0 bridgehead atoms. The molecule has 0 aromatic heterocycles. The number of hydrogen-bond acceptors (Lipinski definition) is 5. The number of hydrogen-bond donors (Lipinski definition) is 4. The number of nitrogens with two attached hydrogens (primary N) is 1. The highest BCUT2D eigenvalue weighted by molar-refractivity contribution is 6.07. The van der Waals surface area contributed by atoms with Crippen molar-refractivity contribution in [3.8, 4) is 0 Å². The van der Waals surface area contributed by atoms with Crippen LogP contribution in [0.4, 0.5) is 0 Å². The zero-order valence-electron chi connectivity index (χ0n) is 10.5. The van der Waals surface area contributed by atoms with Crippen LogP contribution in [0.2, 0.25) is 0 Å². The molecule has 7 nitrogen and oxygen atoms in total. The first kappa shape index (κ1) is 14.7. The van der Waals surface area contributed by atoms with E-state index in [2.05, 4.69) is 5.16 Å². The van der Waals surface area contributed by atoms with Gasteiger partial charge in [0.05, 0.1) is 13.2 Å². The van der Waals surface area contributed by atoms with Crippen LogP contribution < -0.4 is 5.73 Å². The summed E-state index contributed by atoms with van der Waals surface area (Å²) in [5.41, 5.74) is 4.66. The van der Waals surface area contributed by atoms with Crippen molar-refractivity contribution in [1.29, 1.82) is 0 Å². The Bertz CT molecular complexity index is 320. The van der Waals surface area contributed by atoms with E-state index in [-0.39, 0.29) is 38.0 Å². The Morgan fingerprint density at radius 1 is 1.39 bits per heavy atom. The molecular formula is C11H21N3O4. The topological polar surface area (TPSA) is 119 Å². The van der Waals surface area contributed by atoms with Gasteiger partial charge in [0.2, 0.25) is 5.91 Å². The first-order valence-electron chi connectivity index (χ1n) is 6.01. The number of oxime groups is 1. The standard InChI is InChI=1S/C11H21N3O4/c1-8-6-11(7-8,9(12)13-18)10(17)14(2-4-15)3-5-16/h8,15-16,18H,2-7H2,1H3,(H2,12,13). The summed E-state index contributed by atoms with van der Waals surface area (Å²) in [4.78, 5) is 13.8. The molecule has 0 saturated heterocycles. The van der Waals surface area contributed by atoms with E-state index < -0.39 is 5.41 Å². The largest absolute Gasteiger partial charge is 0.409 e. The Labute approximate surface area is 106 Å². The average molecular weight is 259 g/mol. The minimum atomic E-state index is -0.974. The summed E-state index contributed by atoms with van der Waals surface area (Å²) in [6.07, 6.45) is 1.05. The van der Waals surface area contributed by atoms with Crippen LogP contribution in [0, 0.1) is 11.3 Å². The van der Waals surface area contributed by atoms with Crippen molar-refractivity contribution in [3.63, 3.8) is 0 Å². The third-order valence-electron chi connectivity index (χ3n) is 3.43. The first-order valence-corrected chi connectivity index (χ1v) is 6.01. The van der Waals surface area contributed by atoms with Crippen molar-refractivity contribution in [3.05, 3.63) is 0 Å². The van der Waals surface area contributed by atoms with Gasteiger partial charge in [0.1, 0.15) is 5.41 Å². The molecule has 0 aromatic rings. The number of aliphatic hydroxyl groups excluding tert-OH is 2. The smallest absolute Gasteiger partial charge is 0.236 e. The van der Waals surface area contributed by atoms with Gasteiger partial charge >= 0.3 is 0 Å². The van der Waals surface area contributed by atoms with E-state index in [0.29, 0.717) is 18.8 Å². The molecular weight excluding hydrogens is 238 g/mol.